The molecule has 0 aliphatic carbocycles. The molecule has 0 fully saturated rings. The Morgan fingerprint density at radius 1 is 0.636 bits per heavy atom. The Balaban J connectivity index is 5.15. The lowest BCUT2D eigenvalue weighted by Gasteiger charge is -2.43. The molecule has 0 heterocycles. The molecule has 134 valence electrons. The third kappa shape index (κ3) is 7.46. The van der Waals surface area contributed by atoms with E-state index in [-0.39, 0.29) is 23.0 Å². The van der Waals surface area contributed by atoms with Crippen molar-refractivity contribution in [2.24, 2.45) is 10.8 Å². The predicted molar refractivity (Wildman–Crippen MR) is 97.2 cm³/mol. The van der Waals surface area contributed by atoms with Crippen molar-refractivity contribution in [1.82, 2.24) is 0 Å². The quantitative estimate of drug-likeness (QED) is 0.448. The van der Waals surface area contributed by atoms with Gasteiger partial charge in [0.05, 0.1) is 12.2 Å². The van der Waals surface area contributed by atoms with E-state index in [1.807, 2.05) is 0 Å². The van der Waals surface area contributed by atoms with E-state index in [0.717, 1.165) is 32.1 Å². The summed E-state index contributed by atoms with van der Waals surface area (Å²) >= 11 is 0. The molecule has 2 atom stereocenters. The van der Waals surface area contributed by atoms with Gasteiger partial charge in [-0.15, -0.1) is 0 Å². The maximum Gasteiger partial charge on any atom is 0.166 e. The van der Waals surface area contributed by atoms with Crippen LogP contribution in [0.2, 0.25) is 0 Å². The summed E-state index contributed by atoms with van der Waals surface area (Å²) < 4.78 is 13.1. The lowest BCUT2D eigenvalue weighted by molar-refractivity contribution is -0.296. The molecule has 0 amide bonds. The Labute approximate surface area is 140 Å². The standard InChI is InChI=1S/C20H42O2/c1-11-14-16(18(4,5)6)21-20(10,13-3)22-17(15-12-2)19(7,8)9/h16-17H,11-15H2,1-10H3. The number of ether oxygens (including phenoxy) is 2. The summed E-state index contributed by atoms with van der Waals surface area (Å²) in [6.07, 6.45) is 5.76. The normalized spacial score (nSPS) is 18.8. The lowest BCUT2D eigenvalue weighted by atomic mass is 9.85. The summed E-state index contributed by atoms with van der Waals surface area (Å²) in [5, 5.41) is 0. The van der Waals surface area contributed by atoms with Gasteiger partial charge in [-0.05, 0) is 37.0 Å². The van der Waals surface area contributed by atoms with Crippen molar-refractivity contribution in [3.8, 4) is 0 Å². The van der Waals surface area contributed by atoms with Crippen molar-refractivity contribution in [3.05, 3.63) is 0 Å². The highest BCUT2D eigenvalue weighted by Crippen LogP contribution is 2.36. The molecular weight excluding hydrogens is 272 g/mol. The van der Waals surface area contributed by atoms with Gasteiger partial charge in [0.2, 0.25) is 0 Å². The second-order valence-electron chi connectivity index (χ2n) is 9.01. The Kier molecular flexibility index (Phi) is 8.65. The Hall–Kier alpha value is -0.0800. The van der Waals surface area contributed by atoms with Crippen molar-refractivity contribution in [1.29, 1.82) is 0 Å². The van der Waals surface area contributed by atoms with E-state index in [1.54, 1.807) is 0 Å². The molecule has 2 heteroatoms. The first-order chi connectivity index (χ1) is 9.89. The van der Waals surface area contributed by atoms with Crippen LogP contribution in [0.3, 0.4) is 0 Å². The largest absolute Gasteiger partial charge is 0.346 e. The summed E-state index contributed by atoms with van der Waals surface area (Å²) in [6.45, 7) is 22.3. The fourth-order valence-electron chi connectivity index (χ4n) is 2.66. The molecule has 0 spiro atoms. The van der Waals surface area contributed by atoms with E-state index in [1.165, 1.54) is 0 Å². The molecule has 0 saturated heterocycles. The lowest BCUT2D eigenvalue weighted by Crippen LogP contribution is -2.46. The summed E-state index contributed by atoms with van der Waals surface area (Å²) in [6, 6.07) is 0. The highest BCUT2D eigenvalue weighted by molar-refractivity contribution is 4.81. The van der Waals surface area contributed by atoms with Crippen LogP contribution in [0, 0.1) is 10.8 Å². The SMILES string of the molecule is CCCC(OC(C)(CC)OC(CCC)C(C)(C)C)C(C)(C)C. The summed E-state index contributed by atoms with van der Waals surface area (Å²) in [5.74, 6) is -0.500. The van der Waals surface area contributed by atoms with Crippen LogP contribution in [-0.2, 0) is 9.47 Å². The minimum Gasteiger partial charge on any atom is -0.346 e. The van der Waals surface area contributed by atoms with E-state index >= 15 is 0 Å². The molecule has 0 saturated carbocycles. The van der Waals surface area contributed by atoms with Gasteiger partial charge in [-0.3, -0.25) is 0 Å². The van der Waals surface area contributed by atoms with E-state index in [2.05, 4.69) is 69.2 Å². The van der Waals surface area contributed by atoms with Crippen LogP contribution in [0.4, 0.5) is 0 Å². The van der Waals surface area contributed by atoms with Gasteiger partial charge in [0, 0.05) is 0 Å². The average molecular weight is 315 g/mol. The smallest absolute Gasteiger partial charge is 0.166 e. The summed E-state index contributed by atoms with van der Waals surface area (Å²) in [4.78, 5) is 0. The van der Waals surface area contributed by atoms with Crippen LogP contribution >= 0.6 is 0 Å². The minimum atomic E-state index is -0.500. The van der Waals surface area contributed by atoms with Crippen LogP contribution in [0.5, 0.6) is 0 Å². The van der Waals surface area contributed by atoms with Crippen LogP contribution in [-0.4, -0.2) is 18.0 Å². The fourth-order valence-corrected chi connectivity index (χ4v) is 2.66. The summed E-state index contributed by atoms with van der Waals surface area (Å²) in [5.41, 5.74) is 0.273. The molecule has 0 aromatic heterocycles. The van der Waals surface area contributed by atoms with Crippen LogP contribution in [0.25, 0.3) is 0 Å². The zero-order valence-corrected chi connectivity index (χ0v) is 17.0. The van der Waals surface area contributed by atoms with Gasteiger partial charge >= 0.3 is 0 Å². The number of hydrogen-bond donors (Lipinski definition) is 0. The maximum atomic E-state index is 6.54. The molecule has 22 heavy (non-hydrogen) atoms. The van der Waals surface area contributed by atoms with Crippen LogP contribution in [0.1, 0.15) is 101 Å². The monoisotopic (exact) mass is 314 g/mol. The molecule has 0 aromatic carbocycles. The van der Waals surface area contributed by atoms with Gasteiger partial charge < -0.3 is 9.47 Å². The van der Waals surface area contributed by atoms with Crippen molar-refractivity contribution >= 4 is 0 Å². The molecule has 0 radical (unpaired) electrons. The van der Waals surface area contributed by atoms with Crippen molar-refractivity contribution < 1.29 is 9.47 Å². The topological polar surface area (TPSA) is 18.5 Å². The second-order valence-corrected chi connectivity index (χ2v) is 9.01. The predicted octanol–water partition coefficient (Wildman–Crippen LogP) is 6.58. The van der Waals surface area contributed by atoms with Gasteiger partial charge in [-0.25, -0.2) is 0 Å². The van der Waals surface area contributed by atoms with E-state index in [4.69, 9.17) is 9.47 Å². The zero-order valence-electron chi connectivity index (χ0n) is 17.0. The van der Waals surface area contributed by atoms with Gasteiger partial charge in [0.1, 0.15) is 0 Å². The van der Waals surface area contributed by atoms with Gasteiger partial charge in [-0.1, -0.05) is 75.2 Å². The third-order valence-corrected chi connectivity index (χ3v) is 4.46. The van der Waals surface area contributed by atoms with E-state index < -0.39 is 5.79 Å². The molecule has 2 unspecified atom stereocenters. The minimum absolute atomic E-state index is 0.137. The first-order valence-corrected chi connectivity index (χ1v) is 9.25. The molecule has 0 bridgehead atoms. The Morgan fingerprint density at radius 2 is 0.955 bits per heavy atom. The fraction of sp³-hybridized carbons (Fsp3) is 1.00. The Bertz CT molecular complexity index is 270. The zero-order chi connectivity index (χ0) is 17.6. The van der Waals surface area contributed by atoms with Gasteiger partial charge in [0.25, 0.3) is 0 Å². The summed E-state index contributed by atoms with van der Waals surface area (Å²) in [7, 11) is 0. The average Bonchev–Trinajstić information content (AvgIpc) is 2.35. The van der Waals surface area contributed by atoms with Gasteiger partial charge in [-0.2, -0.15) is 0 Å². The highest BCUT2D eigenvalue weighted by Gasteiger charge is 2.38. The van der Waals surface area contributed by atoms with Crippen LogP contribution < -0.4 is 0 Å². The first-order valence-electron chi connectivity index (χ1n) is 9.25. The molecular formula is C20H42O2. The van der Waals surface area contributed by atoms with Gasteiger partial charge in [0.15, 0.2) is 5.79 Å². The van der Waals surface area contributed by atoms with Crippen molar-refractivity contribution in [2.75, 3.05) is 0 Å². The molecule has 0 aromatic rings. The number of hydrogen-bond acceptors (Lipinski definition) is 2. The Morgan fingerprint density at radius 3 is 1.14 bits per heavy atom. The molecule has 2 nitrogen and oxygen atoms in total. The number of rotatable bonds is 9. The first kappa shape index (κ1) is 21.9. The van der Waals surface area contributed by atoms with Crippen LogP contribution in [0.15, 0.2) is 0 Å². The molecule has 0 rings (SSSR count). The maximum absolute atomic E-state index is 6.54. The molecule has 0 aliphatic rings. The highest BCUT2D eigenvalue weighted by atomic mass is 16.7. The van der Waals surface area contributed by atoms with E-state index in [9.17, 15) is 0 Å². The molecule has 0 N–H and O–H groups in total. The van der Waals surface area contributed by atoms with E-state index in [0.29, 0.717) is 0 Å². The third-order valence-electron chi connectivity index (χ3n) is 4.46. The van der Waals surface area contributed by atoms with Crippen molar-refractivity contribution in [3.63, 3.8) is 0 Å². The molecule has 0 aliphatic heterocycles. The van der Waals surface area contributed by atoms with Crippen molar-refractivity contribution in [2.45, 2.75) is 119 Å². The second kappa shape index (κ2) is 8.68.